The standard InChI is InChI=1S/C12H14FNO2/c1-2-7-14-12(15)9-16-8-10-3-5-11(13)6-4-10/h2-6H,1,7-9H2,(H,14,15). The molecular formula is C12H14FNO2. The summed E-state index contributed by atoms with van der Waals surface area (Å²) in [4.78, 5) is 11.1. The fraction of sp³-hybridized carbons (Fsp3) is 0.250. The van der Waals surface area contributed by atoms with Gasteiger partial charge in [-0.3, -0.25) is 4.79 Å². The third-order valence-electron chi connectivity index (χ3n) is 1.86. The summed E-state index contributed by atoms with van der Waals surface area (Å²) in [6, 6.07) is 5.96. The number of benzene rings is 1. The molecule has 0 saturated heterocycles. The van der Waals surface area contributed by atoms with Gasteiger partial charge < -0.3 is 10.1 Å². The maximum absolute atomic E-state index is 12.6. The van der Waals surface area contributed by atoms with Crippen LogP contribution in [0.25, 0.3) is 0 Å². The highest BCUT2D eigenvalue weighted by Crippen LogP contribution is 2.03. The Labute approximate surface area is 93.9 Å². The summed E-state index contributed by atoms with van der Waals surface area (Å²) < 4.78 is 17.7. The molecule has 0 radical (unpaired) electrons. The molecule has 0 saturated carbocycles. The molecule has 0 aliphatic heterocycles. The molecule has 0 aliphatic rings. The van der Waals surface area contributed by atoms with E-state index >= 15 is 0 Å². The van der Waals surface area contributed by atoms with Crippen LogP contribution < -0.4 is 5.32 Å². The van der Waals surface area contributed by atoms with Crippen molar-refractivity contribution in [3.63, 3.8) is 0 Å². The molecule has 0 bridgehead atoms. The van der Waals surface area contributed by atoms with Crippen molar-refractivity contribution in [1.82, 2.24) is 5.32 Å². The molecule has 86 valence electrons. The van der Waals surface area contributed by atoms with Crippen molar-refractivity contribution < 1.29 is 13.9 Å². The number of ether oxygens (including phenoxy) is 1. The van der Waals surface area contributed by atoms with E-state index in [1.807, 2.05) is 0 Å². The smallest absolute Gasteiger partial charge is 0.246 e. The number of hydrogen-bond acceptors (Lipinski definition) is 2. The van der Waals surface area contributed by atoms with Gasteiger partial charge in [-0.25, -0.2) is 4.39 Å². The van der Waals surface area contributed by atoms with Gasteiger partial charge in [0.25, 0.3) is 0 Å². The van der Waals surface area contributed by atoms with E-state index < -0.39 is 0 Å². The first-order valence-electron chi connectivity index (χ1n) is 4.92. The second kappa shape index (κ2) is 6.74. The van der Waals surface area contributed by atoms with Crippen molar-refractivity contribution >= 4 is 5.91 Å². The van der Waals surface area contributed by atoms with Gasteiger partial charge in [0.15, 0.2) is 0 Å². The maximum Gasteiger partial charge on any atom is 0.246 e. The van der Waals surface area contributed by atoms with Gasteiger partial charge in [0.05, 0.1) is 6.61 Å². The summed E-state index contributed by atoms with van der Waals surface area (Å²) in [6.07, 6.45) is 1.60. The number of carbonyl (C=O) groups excluding carboxylic acids is 1. The Bertz CT molecular complexity index is 349. The van der Waals surface area contributed by atoms with E-state index in [0.717, 1.165) is 5.56 Å². The van der Waals surface area contributed by atoms with Crippen molar-refractivity contribution in [3.05, 3.63) is 48.3 Å². The summed E-state index contributed by atoms with van der Waals surface area (Å²) in [5.74, 6) is -0.477. The van der Waals surface area contributed by atoms with Gasteiger partial charge in [-0.15, -0.1) is 6.58 Å². The average Bonchev–Trinajstić information content (AvgIpc) is 2.29. The number of nitrogens with one attached hydrogen (secondary N) is 1. The highest BCUT2D eigenvalue weighted by Gasteiger charge is 2.00. The zero-order chi connectivity index (χ0) is 11.8. The van der Waals surface area contributed by atoms with E-state index in [0.29, 0.717) is 13.2 Å². The fourth-order valence-electron chi connectivity index (χ4n) is 1.08. The van der Waals surface area contributed by atoms with Gasteiger partial charge in [-0.05, 0) is 17.7 Å². The van der Waals surface area contributed by atoms with E-state index in [2.05, 4.69) is 11.9 Å². The zero-order valence-electron chi connectivity index (χ0n) is 8.91. The van der Waals surface area contributed by atoms with Crippen LogP contribution in [0.1, 0.15) is 5.56 Å². The lowest BCUT2D eigenvalue weighted by Crippen LogP contribution is -2.27. The molecule has 16 heavy (non-hydrogen) atoms. The molecule has 1 aromatic carbocycles. The Balaban J connectivity index is 2.22. The SMILES string of the molecule is C=CCNC(=O)COCc1ccc(F)cc1. The maximum atomic E-state index is 12.6. The van der Waals surface area contributed by atoms with E-state index in [1.54, 1.807) is 18.2 Å². The largest absolute Gasteiger partial charge is 0.367 e. The molecule has 0 heterocycles. The summed E-state index contributed by atoms with van der Waals surface area (Å²) >= 11 is 0. The van der Waals surface area contributed by atoms with E-state index in [9.17, 15) is 9.18 Å². The second-order valence-corrected chi connectivity index (χ2v) is 3.21. The molecular weight excluding hydrogens is 209 g/mol. The predicted octanol–water partition coefficient (Wildman–Crippen LogP) is 1.64. The first kappa shape index (κ1) is 12.4. The lowest BCUT2D eigenvalue weighted by atomic mass is 10.2. The van der Waals surface area contributed by atoms with E-state index in [1.165, 1.54) is 12.1 Å². The molecule has 3 nitrogen and oxygen atoms in total. The summed E-state index contributed by atoms with van der Waals surface area (Å²) in [5, 5.41) is 2.59. The van der Waals surface area contributed by atoms with Crippen molar-refractivity contribution in [2.75, 3.05) is 13.2 Å². The number of amides is 1. The number of hydrogen-bond donors (Lipinski definition) is 1. The third-order valence-corrected chi connectivity index (χ3v) is 1.86. The van der Waals surface area contributed by atoms with Gasteiger partial charge in [-0.1, -0.05) is 18.2 Å². The van der Waals surface area contributed by atoms with Gasteiger partial charge in [0.1, 0.15) is 12.4 Å². The summed E-state index contributed by atoms with van der Waals surface area (Å²) in [6.45, 7) is 4.19. The van der Waals surface area contributed by atoms with Crippen LogP contribution in [0.2, 0.25) is 0 Å². The van der Waals surface area contributed by atoms with Crippen molar-refractivity contribution in [2.24, 2.45) is 0 Å². The van der Waals surface area contributed by atoms with Crippen LogP contribution in [0.15, 0.2) is 36.9 Å². The molecule has 0 aliphatic carbocycles. The van der Waals surface area contributed by atoms with Gasteiger partial charge in [0, 0.05) is 6.54 Å². The first-order valence-corrected chi connectivity index (χ1v) is 4.92. The minimum atomic E-state index is -0.285. The quantitative estimate of drug-likeness (QED) is 0.744. The van der Waals surface area contributed by atoms with Gasteiger partial charge in [0.2, 0.25) is 5.91 Å². The summed E-state index contributed by atoms with van der Waals surface area (Å²) in [5.41, 5.74) is 0.831. The highest BCUT2D eigenvalue weighted by atomic mass is 19.1. The molecule has 1 aromatic rings. The Morgan fingerprint density at radius 2 is 2.12 bits per heavy atom. The minimum absolute atomic E-state index is 0.00871. The van der Waals surface area contributed by atoms with Crippen LogP contribution in [0.3, 0.4) is 0 Å². The lowest BCUT2D eigenvalue weighted by Gasteiger charge is -2.04. The van der Waals surface area contributed by atoms with Crippen LogP contribution in [0, 0.1) is 5.82 Å². The summed E-state index contributed by atoms with van der Waals surface area (Å²) in [7, 11) is 0. The minimum Gasteiger partial charge on any atom is -0.367 e. The molecule has 0 aromatic heterocycles. The van der Waals surface area contributed by atoms with Crippen LogP contribution in [0.5, 0.6) is 0 Å². The molecule has 0 unspecified atom stereocenters. The monoisotopic (exact) mass is 223 g/mol. The fourth-order valence-corrected chi connectivity index (χ4v) is 1.08. The molecule has 1 N–H and O–H groups in total. The third kappa shape index (κ3) is 4.70. The Hall–Kier alpha value is -1.68. The number of halogens is 1. The van der Waals surface area contributed by atoms with Crippen molar-refractivity contribution in [1.29, 1.82) is 0 Å². The topological polar surface area (TPSA) is 38.3 Å². The van der Waals surface area contributed by atoms with Gasteiger partial charge >= 0.3 is 0 Å². The molecule has 1 rings (SSSR count). The number of carbonyl (C=O) groups is 1. The lowest BCUT2D eigenvalue weighted by molar-refractivity contribution is -0.125. The van der Waals surface area contributed by atoms with E-state index in [-0.39, 0.29) is 18.3 Å². The molecule has 0 atom stereocenters. The molecule has 0 spiro atoms. The van der Waals surface area contributed by atoms with Crippen LogP contribution in [0.4, 0.5) is 4.39 Å². The number of rotatable bonds is 6. The zero-order valence-corrected chi connectivity index (χ0v) is 8.91. The Morgan fingerprint density at radius 3 is 2.75 bits per heavy atom. The predicted molar refractivity (Wildman–Crippen MR) is 59.3 cm³/mol. The van der Waals surface area contributed by atoms with Crippen LogP contribution in [-0.2, 0) is 16.1 Å². The average molecular weight is 223 g/mol. The second-order valence-electron chi connectivity index (χ2n) is 3.21. The molecule has 0 fully saturated rings. The van der Waals surface area contributed by atoms with Crippen molar-refractivity contribution in [2.45, 2.75) is 6.61 Å². The van der Waals surface area contributed by atoms with Crippen LogP contribution in [-0.4, -0.2) is 19.1 Å². The Morgan fingerprint density at radius 1 is 1.44 bits per heavy atom. The highest BCUT2D eigenvalue weighted by molar-refractivity contribution is 5.77. The van der Waals surface area contributed by atoms with E-state index in [4.69, 9.17) is 4.74 Å². The molecule has 4 heteroatoms. The van der Waals surface area contributed by atoms with Crippen molar-refractivity contribution in [3.8, 4) is 0 Å². The Kier molecular flexibility index (Phi) is 5.22. The normalized spacial score (nSPS) is 9.81. The van der Waals surface area contributed by atoms with Gasteiger partial charge in [-0.2, -0.15) is 0 Å². The molecule has 1 amide bonds. The first-order chi connectivity index (χ1) is 7.72. The van der Waals surface area contributed by atoms with Crippen LogP contribution >= 0.6 is 0 Å².